The van der Waals surface area contributed by atoms with Gasteiger partial charge in [-0.05, 0) is 46.2 Å². The molecule has 0 spiro atoms. The van der Waals surface area contributed by atoms with Gasteiger partial charge in [0.1, 0.15) is 5.60 Å². The molecular weight excluding hydrogens is 260 g/mol. The van der Waals surface area contributed by atoms with Gasteiger partial charge in [0.2, 0.25) is 0 Å². The van der Waals surface area contributed by atoms with Crippen molar-refractivity contribution in [1.29, 1.82) is 0 Å². The van der Waals surface area contributed by atoms with Gasteiger partial charge in [0.15, 0.2) is 0 Å². The van der Waals surface area contributed by atoms with Crippen LogP contribution in [-0.2, 0) is 11.3 Å². The monoisotopic (exact) mass is 282 g/mol. The van der Waals surface area contributed by atoms with Crippen LogP contribution in [0.5, 0.6) is 0 Å². The second-order valence-electron chi connectivity index (χ2n) is 5.99. The molecule has 19 heavy (non-hydrogen) atoms. The van der Waals surface area contributed by atoms with Crippen LogP contribution in [0.25, 0.3) is 0 Å². The minimum Gasteiger partial charge on any atom is -0.444 e. The molecule has 2 atom stereocenters. The summed E-state index contributed by atoms with van der Waals surface area (Å²) in [6.07, 6.45) is 0.651. The number of nitrogens with one attached hydrogen (secondary N) is 2. The van der Waals surface area contributed by atoms with Gasteiger partial charge in [0.05, 0.1) is 0 Å². The van der Waals surface area contributed by atoms with E-state index in [0.717, 1.165) is 13.0 Å². The zero-order valence-corrected chi connectivity index (χ0v) is 12.8. The van der Waals surface area contributed by atoms with Crippen LogP contribution in [0.15, 0.2) is 12.1 Å². The molecule has 1 amide bonds. The molecule has 0 bridgehead atoms. The molecule has 1 aromatic heterocycles. The van der Waals surface area contributed by atoms with Crippen molar-refractivity contribution in [2.45, 2.75) is 58.3 Å². The summed E-state index contributed by atoms with van der Waals surface area (Å²) in [5, 5.41) is 6.33. The van der Waals surface area contributed by atoms with E-state index in [2.05, 4.69) is 29.7 Å². The van der Waals surface area contributed by atoms with Crippen LogP contribution in [0.2, 0.25) is 0 Å². The van der Waals surface area contributed by atoms with E-state index >= 15 is 0 Å². The molecule has 106 valence electrons. The topological polar surface area (TPSA) is 50.4 Å². The first kappa shape index (κ1) is 14.3. The summed E-state index contributed by atoms with van der Waals surface area (Å²) >= 11 is 1.81. The summed E-state index contributed by atoms with van der Waals surface area (Å²) in [6.45, 7) is 8.59. The van der Waals surface area contributed by atoms with Gasteiger partial charge in [0.25, 0.3) is 0 Å². The Kier molecular flexibility index (Phi) is 4.16. The maximum Gasteiger partial charge on any atom is 0.407 e. The number of thiophene rings is 1. The van der Waals surface area contributed by atoms with Crippen LogP contribution in [0.4, 0.5) is 4.79 Å². The standard InChI is InChI=1S/C14H22N2O2S/c1-9-5-6-10(19-9)8-15-11-7-12(11)16-13(17)18-14(2,3)4/h5-6,11-12,15H,7-8H2,1-4H3,(H,16,17). The van der Waals surface area contributed by atoms with Crippen LogP contribution in [0.1, 0.15) is 36.9 Å². The van der Waals surface area contributed by atoms with Crippen molar-refractivity contribution in [1.82, 2.24) is 10.6 Å². The molecule has 0 aromatic carbocycles. The Balaban J connectivity index is 1.66. The number of carbonyl (C=O) groups excluding carboxylic acids is 1. The van der Waals surface area contributed by atoms with E-state index in [0.29, 0.717) is 6.04 Å². The highest BCUT2D eigenvalue weighted by Gasteiger charge is 2.38. The lowest BCUT2D eigenvalue weighted by Gasteiger charge is -2.19. The lowest BCUT2D eigenvalue weighted by atomic mass is 10.2. The van der Waals surface area contributed by atoms with Gasteiger partial charge in [-0.2, -0.15) is 0 Å². The number of rotatable bonds is 4. The summed E-state index contributed by atoms with van der Waals surface area (Å²) in [4.78, 5) is 14.2. The van der Waals surface area contributed by atoms with E-state index < -0.39 is 5.60 Å². The maximum absolute atomic E-state index is 11.6. The summed E-state index contributed by atoms with van der Waals surface area (Å²) in [5.41, 5.74) is -0.434. The molecule has 1 fully saturated rings. The van der Waals surface area contributed by atoms with Gasteiger partial charge in [-0.25, -0.2) is 4.79 Å². The van der Waals surface area contributed by atoms with Crippen molar-refractivity contribution in [2.75, 3.05) is 0 Å². The Morgan fingerprint density at radius 1 is 1.42 bits per heavy atom. The first-order valence-corrected chi connectivity index (χ1v) is 7.43. The largest absolute Gasteiger partial charge is 0.444 e. The SMILES string of the molecule is Cc1ccc(CNC2CC2NC(=O)OC(C)(C)C)s1. The number of hydrogen-bond donors (Lipinski definition) is 2. The van der Waals surface area contributed by atoms with E-state index in [1.54, 1.807) is 11.3 Å². The number of aryl methyl sites for hydroxylation is 1. The Morgan fingerprint density at radius 2 is 2.16 bits per heavy atom. The van der Waals surface area contributed by atoms with Crippen molar-refractivity contribution >= 4 is 17.4 Å². The number of amides is 1. The van der Waals surface area contributed by atoms with Gasteiger partial charge in [0, 0.05) is 28.4 Å². The summed E-state index contributed by atoms with van der Waals surface area (Å²) in [7, 11) is 0. The Bertz CT molecular complexity index is 451. The first-order chi connectivity index (χ1) is 8.83. The fraction of sp³-hybridized carbons (Fsp3) is 0.643. The van der Waals surface area contributed by atoms with Gasteiger partial charge in [-0.15, -0.1) is 11.3 Å². The predicted octanol–water partition coefficient (Wildman–Crippen LogP) is 2.81. The van der Waals surface area contributed by atoms with Gasteiger partial charge < -0.3 is 15.4 Å². The molecule has 1 aliphatic rings. The average molecular weight is 282 g/mol. The normalized spacial score (nSPS) is 22.1. The van der Waals surface area contributed by atoms with Crippen molar-refractivity contribution in [3.63, 3.8) is 0 Å². The Labute approximate surface area is 118 Å². The number of alkyl carbamates (subject to hydrolysis) is 1. The molecule has 0 saturated heterocycles. The van der Waals surface area contributed by atoms with Crippen molar-refractivity contribution in [2.24, 2.45) is 0 Å². The predicted molar refractivity (Wildman–Crippen MR) is 77.5 cm³/mol. The van der Waals surface area contributed by atoms with Gasteiger partial charge in [-0.1, -0.05) is 0 Å². The summed E-state index contributed by atoms with van der Waals surface area (Å²) in [6, 6.07) is 4.85. The second-order valence-corrected chi connectivity index (χ2v) is 7.36. The molecule has 1 saturated carbocycles. The number of carbonyl (C=O) groups is 1. The van der Waals surface area contributed by atoms with Crippen LogP contribution < -0.4 is 10.6 Å². The lowest BCUT2D eigenvalue weighted by molar-refractivity contribution is 0.0522. The van der Waals surface area contributed by atoms with Crippen molar-refractivity contribution in [3.8, 4) is 0 Å². The first-order valence-electron chi connectivity index (χ1n) is 6.62. The fourth-order valence-electron chi connectivity index (χ4n) is 1.85. The molecule has 2 rings (SSSR count). The van der Waals surface area contributed by atoms with Gasteiger partial charge >= 0.3 is 6.09 Å². The van der Waals surface area contributed by atoms with Crippen molar-refractivity contribution in [3.05, 3.63) is 21.9 Å². The third-order valence-electron chi connectivity index (χ3n) is 2.83. The Hall–Kier alpha value is -1.07. The van der Waals surface area contributed by atoms with E-state index in [-0.39, 0.29) is 12.1 Å². The van der Waals surface area contributed by atoms with Crippen LogP contribution in [0, 0.1) is 6.92 Å². The van der Waals surface area contributed by atoms with Gasteiger partial charge in [-0.3, -0.25) is 0 Å². The van der Waals surface area contributed by atoms with Crippen LogP contribution in [-0.4, -0.2) is 23.8 Å². The summed E-state index contributed by atoms with van der Waals surface area (Å²) in [5.74, 6) is 0. The smallest absolute Gasteiger partial charge is 0.407 e. The molecule has 2 unspecified atom stereocenters. The average Bonchev–Trinajstić information content (AvgIpc) is 2.84. The molecule has 1 aliphatic carbocycles. The quantitative estimate of drug-likeness (QED) is 0.893. The van der Waals surface area contributed by atoms with Crippen LogP contribution in [0.3, 0.4) is 0 Å². The molecular formula is C14H22N2O2S. The molecule has 2 N–H and O–H groups in total. The highest BCUT2D eigenvalue weighted by atomic mass is 32.1. The van der Waals surface area contributed by atoms with E-state index in [4.69, 9.17) is 4.74 Å². The second kappa shape index (κ2) is 5.51. The van der Waals surface area contributed by atoms with Crippen molar-refractivity contribution < 1.29 is 9.53 Å². The highest BCUT2D eigenvalue weighted by Crippen LogP contribution is 2.23. The number of ether oxygens (including phenoxy) is 1. The Morgan fingerprint density at radius 3 is 2.74 bits per heavy atom. The molecule has 1 aromatic rings. The van der Waals surface area contributed by atoms with Crippen LogP contribution >= 0.6 is 11.3 Å². The van der Waals surface area contributed by atoms with E-state index in [1.807, 2.05) is 20.8 Å². The summed E-state index contributed by atoms with van der Waals surface area (Å²) < 4.78 is 5.23. The lowest BCUT2D eigenvalue weighted by Crippen LogP contribution is -2.36. The maximum atomic E-state index is 11.6. The van der Waals surface area contributed by atoms with E-state index in [9.17, 15) is 4.79 Å². The molecule has 0 radical (unpaired) electrons. The highest BCUT2D eigenvalue weighted by molar-refractivity contribution is 7.11. The molecule has 5 heteroatoms. The zero-order chi connectivity index (χ0) is 14.0. The molecule has 1 heterocycles. The zero-order valence-electron chi connectivity index (χ0n) is 11.9. The number of hydrogen-bond acceptors (Lipinski definition) is 4. The van der Waals surface area contributed by atoms with E-state index in [1.165, 1.54) is 9.75 Å². The molecule has 4 nitrogen and oxygen atoms in total. The fourth-order valence-corrected chi connectivity index (χ4v) is 2.69. The third kappa shape index (κ3) is 4.84. The third-order valence-corrected chi connectivity index (χ3v) is 3.83. The molecule has 0 aliphatic heterocycles. The minimum atomic E-state index is -0.434. The minimum absolute atomic E-state index is 0.205.